The number of fused-ring (bicyclic) bond motifs is 1. The summed E-state index contributed by atoms with van der Waals surface area (Å²) in [6.45, 7) is 7.34. The third-order valence-corrected chi connectivity index (χ3v) is 5.89. The number of hydrogen-bond acceptors (Lipinski definition) is 4. The maximum Gasteiger partial charge on any atom is 0.253 e. The molecule has 0 saturated heterocycles. The van der Waals surface area contributed by atoms with E-state index in [2.05, 4.69) is 25.9 Å². The highest BCUT2D eigenvalue weighted by Crippen LogP contribution is 2.26. The van der Waals surface area contributed by atoms with Gasteiger partial charge in [-0.15, -0.1) is 0 Å². The number of carbonyl (C=O) groups excluding carboxylic acids is 1. The molecule has 2 aliphatic rings. The van der Waals surface area contributed by atoms with Crippen LogP contribution in [0, 0.1) is 13.8 Å². The van der Waals surface area contributed by atoms with Crippen molar-refractivity contribution in [2.24, 2.45) is 0 Å². The van der Waals surface area contributed by atoms with Crippen LogP contribution in [0.15, 0.2) is 18.3 Å². The van der Waals surface area contributed by atoms with Crippen molar-refractivity contribution in [2.75, 3.05) is 6.54 Å². The largest absolute Gasteiger partial charge is 0.346 e. The van der Waals surface area contributed by atoms with E-state index in [1.807, 2.05) is 19.9 Å². The lowest BCUT2D eigenvalue weighted by atomic mass is 9.94. The number of hydrogen-bond donors (Lipinski definition) is 1. The fraction of sp³-hybridized carbons (Fsp3) is 0.571. The summed E-state index contributed by atoms with van der Waals surface area (Å²) in [6, 6.07) is 4.82. The second-order valence-electron chi connectivity index (χ2n) is 7.94. The molecule has 0 atom stereocenters. The van der Waals surface area contributed by atoms with Gasteiger partial charge in [-0.3, -0.25) is 19.4 Å². The minimum absolute atomic E-state index is 0.0881. The van der Waals surface area contributed by atoms with Gasteiger partial charge >= 0.3 is 0 Å². The highest BCUT2D eigenvalue weighted by Gasteiger charge is 2.26. The van der Waals surface area contributed by atoms with E-state index in [1.165, 1.54) is 37.8 Å². The molecular formula is C21H29N5O. The van der Waals surface area contributed by atoms with Crippen LogP contribution in [0.3, 0.4) is 0 Å². The molecule has 0 unspecified atom stereocenters. The number of pyridine rings is 1. The summed E-state index contributed by atoms with van der Waals surface area (Å²) < 4.78 is 2.11. The van der Waals surface area contributed by atoms with Crippen LogP contribution >= 0.6 is 0 Å². The van der Waals surface area contributed by atoms with Crippen molar-refractivity contribution in [3.63, 3.8) is 0 Å². The first-order valence-corrected chi connectivity index (χ1v) is 10.1. The molecule has 4 rings (SSSR count). The number of aromatic nitrogens is 3. The van der Waals surface area contributed by atoms with Crippen molar-refractivity contribution in [2.45, 2.75) is 71.6 Å². The summed E-state index contributed by atoms with van der Waals surface area (Å²) in [5, 5.41) is 7.68. The Morgan fingerprint density at radius 3 is 2.78 bits per heavy atom. The van der Waals surface area contributed by atoms with Crippen LogP contribution < -0.4 is 5.32 Å². The van der Waals surface area contributed by atoms with Gasteiger partial charge in [-0.25, -0.2) is 0 Å². The lowest BCUT2D eigenvalue weighted by Gasteiger charge is -2.36. The van der Waals surface area contributed by atoms with Gasteiger partial charge in [0.2, 0.25) is 0 Å². The van der Waals surface area contributed by atoms with E-state index in [9.17, 15) is 4.79 Å². The van der Waals surface area contributed by atoms with Gasteiger partial charge in [-0.1, -0.05) is 19.3 Å². The van der Waals surface area contributed by atoms with E-state index >= 15 is 0 Å². The molecule has 0 spiro atoms. The molecule has 2 aromatic heterocycles. The summed E-state index contributed by atoms with van der Waals surface area (Å²) in [7, 11) is 0. The Bertz CT molecular complexity index is 822. The summed E-state index contributed by atoms with van der Waals surface area (Å²) in [4.78, 5) is 19.3. The zero-order chi connectivity index (χ0) is 18.8. The van der Waals surface area contributed by atoms with Crippen LogP contribution in [0.25, 0.3) is 0 Å². The molecular weight excluding hydrogens is 338 g/mol. The number of rotatable bonds is 4. The van der Waals surface area contributed by atoms with Gasteiger partial charge < -0.3 is 5.32 Å². The molecule has 0 bridgehead atoms. The number of nitrogens with zero attached hydrogens (tertiary/aromatic N) is 4. The SMILES string of the molecule is Cc1cc(C)c(C(=O)NCc2cc3n(n2)CCN(C2CCCCC2)C3)cn1. The lowest BCUT2D eigenvalue weighted by Crippen LogP contribution is -2.42. The Labute approximate surface area is 161 Å². The molecule has 6 nitrogen and oxygen atoms in total. The van der Waals surface area contributed by atoms with Crippen LogP contribution in [0.1, 0.15) is 65.1 Å². The summed E-state index contributed by atoms with van der Waals surface area (Å²) in [5.41, 5.74) is 4.71. The number of aryl methyl sites for hydroxylation is 2. The minimum atomic E-state index is -0.0881. The van der Waals surface area contributed by atoms with Crippen LogP contribution in [0.5, 0.6) is 0 Å². The normalized spacial score (nSPS) is 18.3. The number of carbonyl (C=O) groups is 1. The van der Waals surface area contributed by atoms with E-state index in [0.29, 0.717) is 12.1 Å². The Balaban J connectivity index is 1.37. The molecule has 1 saturated carbocycles. The molecule has 3 heterocycles. The number of amides is 1. The van der Waals surface area contributed by atoms with Gasteiger partial charge in [0, 0.05) is 31.0 Å². The van der Waals surface area contributed by atoms with Gasteiger partial charge in [0.15, 0.2) is 0 Å². The monoisotopic (exact) mass is 367 g/mol. The molecule has 2 aromatic rings. The third kappa shape index (κ3) is 4.05. The molecule has 1 amide bonds. The fourth-order valence-corrected chi connectivity index (χ4v) is 4.39. The van der Waals surface area contributed by atoms with Gasteiger partial charge in [0.1, 0.15) is 0 Å². The van der Waals surface area contributed by atoms with Gasteiger partial charge in [0.25, 0.3) is 5.91 Å². The molecule has 1 aliphatic heterocycles. The Morgan fingerprint density at radius 2 is 2.00 bits per heavy atom. The highest BCUT2D eigenvalue weighted by atomic mass is 16.1. The quantitative estimate of drug-likeness (QED) is 0.902. The summed E-state index contributed by atoms with van der Waals surface area (Å²) >= 11 is 0. The van der Waals surface area contributed by atoms with Crippen LogP contribution in [0.2, 0.25) is 0 Å². The summed E-state index contributed by atoms with van der Waals surface area (Å²) in [5.74, 6) is -0.0881. The van der Waals surface area contributed by atoms with E-state index < -0.39 is 0 Å². The van der Waals surface area contributed by atoms with Gasteiger partial charge in [-0.05, 0) is 44.4 Å². The fourth-order valence-electron chi connectivity index (χ4n) is 4.39. The van der Waals surface area contributed by atoms with Crippen molar-refractivity contribution in [3.8, 4) is 0 Å². The zero-order valence-corrected chi connectivity index (χ0v) is 16.4. The van der Waals surface area contributed by atoms with E-state index in [1.54, 1.807) is 6.20 Å². The smallest absolute Gasteiger partial charge is 0.253 e. The van der Waals surface area contributed by atoms with Crippen LogP contribution in [0.4, 0.5) is 0 Å². The minimum Gasteiger partial charge on any atom is -0.346 e. The number of nitrogens with one attached hydrogen (secondary N) is 1. The predicted molar refractivity (Wildman–Crippen MR) is 104 cm³/mol. The molecule has 1 N–H and O–H groups in total. The van der Waals surface area contributed by atoms with Crippen molar-refractivity contribution in [1.82, 2.24) is 25.0 Å². The maximum atomic E-state index is 12.5. The van der Waals surface area contributed by atoms with Gasteiger partial charge in [-0.2, -0.15) is 5.10 Å². The first kappa shape index (κ1) is 18.2. The average Bonchev–Trinajstić information content (AvgIpc) is 3.09. The Hall–Kier alpha value is -2.21. The van der Waals surface area contributed by atoms with Crippen molar-refractivity contribution in [3.05, 3.63) is 46.5 Å². The summed E-state index contributed by atoms with van der Waals surface area (Å²) in [6.07, 6.45) is 8.44. The average molecular weight is 367 g/mol. The van der Waals surface area contributed by atoms with Crippen LogP contribution in [-0.2, 0) is 19.6 Å². The van der Waals surface area contributed by atoms with Crippen molar-refractivity contribution < 1.29 is 4.79 Å². The molecule has 1 aliphatic carbocycles. The molecule has 27 heavy (non-hydrogen) atoms. The molecule has 0 radical (unpaired) electrons. The molecule has 6 heteroatoms. The first-order valence-electron chi connectivity index (χ1n) is 10.1. The standard InChI is InChI=1S/C21H29N5O/c1-15-10-16(2)22-13-20(15)21(27)23-12-17-11-19-14-25(8-9-26(19)24-17)18-6-4-3-5-7-18/h10-11,13,18H,3-9,12,14H2,1-2H3,(H,23,27). The molecule has 1 fully saturated rings. The Kier molecular flexibility index (Phi) is 5.25. The second kappa shape index (κ2) is 7.80. The van der Waals surface area contributed by atoms with Crippen molar-refractivity contribution >= 4 is 5.91 Å². The van der Waals surface area contributed by atoms with E-state index in [-0.39, 0.29) is 5.91 Å². The topological polar surface area (TPSA) is 63.1 Å². The molecule has 0 aromatic carbocycles. The van der Waals surface area contributed by atoms with E-state index in [0.717, 1.165) is 42.6 Å². The zero-order valence-electron chi connectivity index (χ0n) is 16.4. The Morgan fingerprint density at radius 1 is 1.19 bits per heavy atom. The molecule has 144 valence electrons. The van der Waals surface area contributed by atoms with Crippen molar-refractivity contribution in [1.29, 1.82) is 0 Å². The van der Waals surface area contributed by atoms with E-state index in [4.69, 9.17) is 5.10 Å². The lowest BCUT2D eigenvalue weighted by molar-refractivity contribution is 0.0949. The second-order valence-corrected chi connectivity index (χ2v) is 7.94. The van der Waals surface area contributed by atoms with Gasteiger partial charge in [0.05, 0.1) is 30.0 Å². The first-order chi connectivity index (χ1) is 13.1. The third-order valence-electron chi connectivity index (χ3n) is 5.89. The highest BCUT2D eigenvalue weighted by molar-refractivity contribution is 5.95. The predicted octanol–water partition coefficient (Wildman–Crippen LogP) is 2.97. The maximum absolute atomic E-state index is 12.5. The van der Waals surface area contributed by atoms with Crippen LogP contribution in [-0.4, -0.2) is 38.2 Å².